The Bertz CT molecular complexity index is 2770. The number of carboxylic acids is 1. The summed E-state index contributed by atoms with van der Waals surface area (Å²) in [6.45, 7) is 1.87. The van der Waals surface area contributed by atoms with E-state index >= 15 is 0 Å². The molecule has 0 saturated heterocycles. The lowest BCUT2D eigenvalue weighted by atomic mass is 10.1. The Morgan fingerprint density at radius 3 is 1.28 bits per heavy atom. The molecule has 2 amide bonds. The smallest absolute Gasteiger partial charge is 0.346 e. The van der Waals surface area contributed by atoms with E-state index in [1.54, 1.807) is 91.6 Å². The highest BCUT2D eigenvalue weighted by Gasteiger charge is 2.12. The van der Waals surface area contributed by atoms with Crippen molar-refractivity contribution in [1.29, 1.82) is 0 Å². The van der Waals surface area contributed by atoms with Crippen LogP contribution in [0.4, 0.5) is 0 Å². The molecule has 0 saturated carbocycles. The molecule has 71 heavy (non-hydrogen) atoms. The van der Waals surface area contributed by atoms with Crippen molar-refractivity contribution in [2.24, 2.45) is 11.5 Å². The van der Waals surface area contributed by atoms with Gasteiger partial charge in [0.25, 0.3) is 0 Å². The largest absolute Gasteiger partial charge is 0.478 e. The second-order valence-electron chi connectivity index (χ2n) is 14.4. The third-order valence-electron chi connectivity index (χ3n) is 9.20. The Labute approximate surface area is 404 Å². The van der Waals surface area contributed by atoms with Gasteiger partial charge in [-0.05, 0) is 85.8 Å². The van der Waals surface area contributed by atoms with Gasteiger partial charge in [0.2, 0.25) is 23.6 Å². The Hall–Kier alpha value is -10.1. The molecule has 0 aliphatic rings. The second kappa shape index (κ2) is 26.9. The Kier molecular flexibility index (Phi) is 19.6. The van der Waals surface area contributed by atoms with Crippen LogP contribution in [-0.2, 0) is 19.4 Å². The van der Waals surface area contributed by atoms with Crippen LogP contribution in [0.2, 0.25) is 0 Å². The predicted octanol–water partition coefficient (Wildman–Crippen LogP) is 5.65. The zero-order chi connectivity index (χ0) is 51.0. The molecule has 20 nitrogen and oxygen atoms in total. The molecule has 356 valence electrons. The molecule has 0 radical (unpaired) electrons. The van der Waals surface area contributed by atoms with Gasteiger partial charge >= 0.3 is 11.9 Å². The topological polar surface area (TPSA) is 313 Å². The molecule has 0 unspecified atom stereocenters. The number of carboxylic acid groups (broad SMARTS) is 1. The van der Waals surface area contributed by atoms with Gasteiger partial charge in [0.1, 0.15) is 6.61 Å². The number of aromatic carboxylic acids is 1. The van der Waals surface area contributed by atoms with Crippen molar-refractivity contribution in [3.63, 3.8) is 0 Å². The van der Waals surface area contributed by atoms with Gasteiger partial charge in [-0.25, -0.2) is 19.6 Å². The lowest BCUT2D eigenvalue weighted by Crippen LogP contribution is -2.12. The highest BCUT2D eigenvalue weighted by molar-refractivity contribution is 5.98. The molecular weight excluding hydrogens is 913 g/mol. The number of nitrogens with two attached hydrogens (primary N) is 2. The summed E-state index contributed by atoms with van der Waals surface area (Å²) in [6.07, 6.45) is 18.3. The van der Waals surface area contributed by atoms with Gasteiger partial charge in [0, 0.05) is 120 Å². The number of nitrogens with zero attached hydrogens (tertiary/aromatic N) is 8. The number of esters is 1. The highest BCUT2D eigenvalue weighted by Crippen LogP contribution is 2.12. The maximum atomic E-state index is 11.9. The van der Waals surface area contributed by atoms with Gasteiger partial charge in [-0.2, -0.15) is 0 Å². The summed E-state index contributed by atoms with van der Waals surface area (Å²) in [5.41, 5.74) is 15.0. The van der Waals surface area contributed by atoms with Gasteiger partial charge in [0.15, 0.2) is 17.3 Å². The fraction of sp³-hybridized carbons (Fsp3) is 0.0784. The third kappa shape index (κ3) is 17.6. The first-order chi connectivity index (χ1) is 34.2. The number of Topliss-reactive ketones (excluding diaryl/α,β-unsaturated/α-hetero) is 3. The van der Waals surface area contributed by atoms with Gasteiger partial charge in [-0.15, -0.1) is 0 Å². The van der Waals surface area contributed by atoms with Gasteiger partial charge < -0.3 is 26.0 Å². The number of carbonyl (C=O) groups is 7. The van der Waals surface area contributed by atoms with Crippen molar-refractivity contribution < 1.29 is 48.1 Å². The molecular formula is C51H42N10O10. The number of amides is 2. The number of pyridine rings is 8. The molecule has 8 aromatic heterocycles. The summed E-state index contributed by atoms with van der Waals surface area (Å²) in [5.74, 6) is -2.33. The summed E-state index contributed by atoms with van der Waals surface area (Å²) in [6, 6.07) is 26.1. The normalized spacial score (nSPS) is 9.93. The Morgan fingerprint density at radius 2 is 0.901 bits per heavy atom. The van der Waals surface area contributed by atoms with E-state index in [1.807, 2.05) is 12.1 Å². The van der Waals surface area contributed by atoms with Crippen LogP contribution in [0, 0.1) is 0 Å². The minimum absolute atomic E-state index is 0.0346. The zero-order valence-corrected chi connectivity index (χ0v) is 37.6. The number of carbonyl (C=O) groups excluding carboxylic acids is 6. The summed E-state index contributed by atoms with van der Waals surface area (Å²) < 4.78 is 10.4. The molecule has 8 rings (SSSR count). The SMILES string of the molecule is CC(=O)c1ccc(CC(=O)c2cccnc2)nc1.NC(=O)c1ccc(OC(=O)c2cccnc2)nc1.NC(=O)c1ccc(OCc2cccnc2)nc1.O=C(O)c1ccc(CC(=O)c2cccnc2)nc1. The number of ether oxygens (including phenoxy) is 2. The van der Waals surface area contributed by atoms with Crippen LogP contribution < -0.4 is 20.9 Å². The molecule has 0 aliphatic heterocycles. The number of hydrogen-bond acceptors (Lipinski definition) is 17. The van der Waals surface area contributed by atoms with Gasteiger partial charge in [0.05, 0.1) is 35.1 Å². The van der Waals surface area contributed by atoms with E-state index in [1.165, 1.54) is 74.6 Å². The fourth-order valence-electron chi connectivity index (χ4n) is 5.46. The number of aromatic nitrogens is 8. The molecule has 8 heterocycles. The van der Waals surface area contributed by atoms with Crippen LogP contribution in [0.5, 0.6) is 11.8 Å². The van der Waals surface area contributed by atoms with Gasteiger partial charge in [-0.1, -0.05) is 6.07 Å². The first kappa shape index (κ1) is 51.9. The Morgan fingerprint density at radius 1 is 0.465 bits per heavy atom. The molecule has 0 fully saturated rings. The van der Waals surface area contributed by atoms with Crippen LogP contribution >= 0.6 is 0 Å². The van der Waals surface area contributed by atoms with Crippen molar-refractivity contribution in [3.05, 3.63) is 227 Å². The van der Waals surface area contributed by atoms with E-state index in [0.29, 0.717) is 51.7 Å². The van der Waals surface area contributed by atoms with Crippen molar-refractivity contribution in [3.8, 4) is 11.8 Å². The van der Waals surface area contributed by atoms with Crippen LogP contribution in [0.25, 0.3) is 0 Å². The van der Waals surface area contributed by atoms with Crippen LogP contribution in [0.3, 0.4) is 0 Å². The first-order valence-corrected chi connectivity index (χ1v) is 20.9. The average molecular weight is 955 g/mol. The maximum absolute atomic E-state index is 11.9. The predicted molar refractivity (Wildman–Crippen MR) is 253 cm³/mol. The van der Waals surface area contributed by atoms with Crippen molar-refractivity contribution in [2.45, 2.75) is 26.4 Å². The summed E-state index contributed by atoms with van der Waals surface area (Å²) in [4.78, 5) is 110. The minimum atomic E-state index is -1.03. The number of ketones is 3. The first-order valence-electron chi connectivity index (χ1n) is 20.9. The van der Waals surface area contributed by atoms with Crippen molar-refractivity contribution in [2.75, 3.05) is 0 Å². The summed E-state index contributed by atoms with van der Waals surface area (Å²) >= 11 is 0. The van der Waals surface area contributed by atoms with Crippen LogP contribution in [-0.4, -0.2) is 86.1 Å². The summed E-state index contributed by atoms with van der Waals surface area (Å²) in [7, 11) is 0. The lowest BCUT2D eigenvalue weighted by molar-refractivity contribution is 0.0692. The second-order valence-corrected chi connectivity index (χ2v) is 14.4. The standard InChI is InChI=1S/C14H12N2O2.C13H10N2O3.C12H9N3O3.C12H11N3O2/c1-10(17)11-4-5-13(16-9-11)7-14(18)12-3-2-6-15-8-12;16-12(9-2-1-5-14-7-9)6-11-4-3-10(8-15-11)13(17)18;13-11(16)8-3-4-10(15-7-8)18-12(17)9-2-1-5-14-6-9;13-12(16)10-3-4-11(15-7-10)17-8-9-2-1-5-14-6-9/h2-6,8-9H,7H2,1H3;1-5,7-8H,6H2,(H,17,18);1-7H,(H2,13,16);1-7H,8H2,(H2,13,16). The lowest BCUT2D eigenvalue weighted by Gasteiger charge is -2.04. The zero-order valence-electron chi connectivity index (χ0n) is 37.6. The van der Waals surface area contributed by atoms with E-state index in [2.05, 4.69) is 39.9 Å². The minimum Gasteiger partial charge on any atom is -0.478 e. The molecule has 20 heteroatoms. The molecule has 5 N–H and O–H groups in total. The fourth-order valence-corrected chi connectivity index (χ4v) is 5.46. The average Bonchev–Trinajstić information content (AvgIpc) is 3.40. The Balaban J connectivity index is 0.000000176. The van der Waals surface area contributed by atoms with E-state index in [4.69, 9.17) is 26.0 Å². The van der Waals surface area contributed by atoms with Crippen molar-refractivity contribution in [1.82, 2.24) is 39.9 Å². The maximum Gasteiger partial charge on any atom is 0.346 e. The third-order valence-corrected chi connectivity index (χ3v) is 9.20. The van der Waals surface area contributed by atoms with E-state index in [-0.39, 0.29) is 47.2 Å². The molecule has 0 aromatic carbocycles. The molecule has 8 aromatic rings. The van der Waals surface area contributed by atoms with Gasteiger partial charge in [-0.3, -0.25) is 53.9 Å². The van der Waals surface area contributed by atoms with Crippen molar-refractivity contribution >= 4 is 41.1 Å². The molecule has 0 aliphatic carbocycles. The molecule has 0 bridgehead atoms. The number of hydrogen-bond donors (Lipinski definition) is 3. The van der Waals surface area contributed by atoms with E-state index < -0.39 is 23.8 Å². The quantitative estimate of drug-likeness (QED) is 0.0825. The van der Waals surface area contributed by atoms with E-state index in [0.717, 1.165) is 5.56 Å². The highest BCUT2D eigenvalue weighted by atomic mass is 16.5. The number of primary amides is 2. The monoisotopic (exact) mass is 954 g/mol. The van der Waals surface area contributed by atoms with E-state index in [9.17, 15) is 33.6 Å². The summed E-state index contributed by atoms with van der Waals surface area (Å²) in [5, 5.41) is 8.72. The van der Waals surface area contributed by atoms with Crippen LogP contribution in [0.1, 0.15) is 96.4 Å². The number of rotatable bonds is 15. The molecule has 0 spiro atoms. The van der Waals surface area contributed by atoms with Crippen LogP contribution in [0.15, 0.2) is 171 Å². The molecule has 0 atom stereocenters.